The Bertz CT molecular complexity index is 1050. The predicted octanol–water partition coefficient (Wildman–Crippen LogP) is 4.13. The number of hydrogen-bond acceptors (Lipinski definition) is 6. The van der Waals surface area contributed by atoms with Crippen LogP contribution >= 0.6 is 0 Å². The van der Waals surface area contributed by atoms with Crippen molar-refractivity contribution in [1.29, 1.82) is 0 Å². The van der Waals surface area contributed by atoms with Gasteiger partial charge in [0, 0.05) is 24.3 Å². The lowest BCUT2D eigenvalue weighted by Gasteiger charge is -2.17. The van der Waals surface area contributed by atoms with Crippen molar-refractivity contribution in [3.63, 3.8) is 0 Å². The topological polar surface area (TPSA) is 102 Å². The summed E-state index contributed by atoms with van der Waals surface area (Å²) in [5.41, 5.74) is 2.66. The average Bonchev–Trinajstić information content (AvgIpc) is 3.27. The minimum absolute atomic E-state index is 0.000339. The number of ether oxygens (including phenoxy) is 2. The van der Waals surface area contributed by atoms with E-state index in [0.717, 1.165) is 31.2 Å². The first-order valence-corrected chi connectivity index (χ1v) is 12.0. The second-order valence-corrected chi connectivity index (χ2v) is 8.46. The Hall–Kier alpha value is -3.68. The predicted molar refractivity (Wildman–Crippen MR) is 132 cm³/mol. The molecule has 1 saturated heterocycles. The van der Waals surface area contributed by atoms with Gasteiger partial charge in [0.2, 0.25) is 5.91 Å². The fraction of sp³-hybridized carbons (Fsp3) is 0.407. The molecule has 0 unspecified atom stereocenters. The van der Waals surface area contributed by atoms with E-state index < -0.39 is 30.4 Å². The molecule has 3 rings (SSSR count). The van der Waals surface area contributed by atoms with Gasteiger partial charge in [-0.1, -0.05) is 44.9 Å². The van der Waals surface area contributed by atoms with E-state index >= 15 is 0 Å². The number of unbranched alkanes of at least 4 members (excludes halogenated alkanes) is 2. The number of carbonyl (C=O) groups excluding carboxylic acids is 4. The second kappa shape index (κ2) is 12.7. The van der Waals surface area contributed by atoms with Crippen LogP contribution in [0.15, 0.2) is 48.5 Å². The van der Waals surface area contributed by atoms with Crippen LogP contribution in [0.5, 0.6) is 0 Å². The van der Waals surface area contributed by atoms with Gasteiger partial charge in [-0.25, -0.2) is 4.79 Å². The van der Waals surface area contributed by atoms with Gasteiger partial charge >= 0.3 is 11.9 Å². The highest BCUT2D eigenvalue weighted by Gasteiger charge is 2.36. The summed E-state index contributed by atoms with van der Waals surface area (Å²) in [5.74, 6) is -2.31. The van der Waals surface area contributed by atoms with Gasteiger partial charge in [0.1, 0.15) is 0 Å². The Labute approximate surface area is 205 Å². The van der Waals surface area contributed by atoms with Crippen LogP contribution in [-0.2, 0) is 30.3 Å². The molecule has 1 aliphatic heterocycles. The number of nitrogens with zero attached hydrogens (tertiary/aromatic N) is 1. The quantitative estimate of drug-likeness (QED) is 0.383. The van der Waals surface area contributed by atoms with Crippen LogP contribution in [0.2, 0.25) is 0 Å². The molecule has 0 aromatic heterocycles. The summed E-state index contributed by atoms with van der Waals surface area (Å²) in [6.07, 6.45) is 3.64. The number of amides is 2. The maximum atomic E-state index is 12.5. The Morgan fingerprint density at radius 1 is 1.00 bits per heavy atom. The van der Waals surface area contributed by atoms with E-state index in [1.165, 1.54) is 4.90 Å². The molecule has 8 heteroatoms. The van der Waals surface area contributed by atoms with Crippen LogP contribution in [0.3, 0.4) is 0 Å². The van der Waals surface area contributed by atoms with Gasteiger partial charge in [0.25, 0.3) is 5.91 Å². The van der Waals surface area contributed by atoms with Gasteiger partial charge in [0.05, 0.1) is 18.1 Å². The van der Waals surface area contributed by atoms with Crippen molar-refractivity contribution >= 4 is 35.1 Å². The lowest BCUT2D eigenvalue weighted by atomic mass is 10.1. The van der Waals surface area contributed by atoms with Crippen LogP contribution < -0.4 is 10.2 Å². The molecule has 0 spiro atoms. The van der Waals surface area contributed by atoms with E-state index in [1.807, 2.05) is 25.1 Å². The number of rotatable bonds is 11. The molecule has 1 fully saturated rings. The summed E-state index contributed by atoms with van der Waals surface area (Å²) < 4.78 is 10.4. The van der Waals surface area contributed by atoms with Crippen molar-refractivity contribution in [2.45, 2.75) is 46.0 Å². The molecule has 0 aliphatic carbocycles. The molecule has 2 amide bonds. The summed E-state index contributed by atoms with van der Waals surface area (Å²) in [6, 6.07) is 14.0. The van der Waals surface area contributed by atoms with Gasteiger partial charge < -0.3 is 19.7 Å². The van der Waals surface area contributed by atoms with Crippen molar-refractivity contribution in [2.75, 3.05) is 30.0 Å². The summed E-state index contributed by atoms with van der Waals surface area (Å²) in [4.78, 5) is 50.8. The summed E-state index contributed by atoms with van der Waals surface area (Å²) in [7, 11) is 0. The van der Waals surface area contributed by atoms with Crippen molar-refractivity contribution in [2.24, 2.45) is 5.92 Å². The van der Waals surface area contributed by atoms with Crippen LogP contribution in [0.4, 0.5) is 11.4 Å². The standard InChI is InChI=1S/C27H32N2O6/c1-3-5-8-15-34-26(32)20-11-13-22(14-12-20)29-17-21(16-25(29)31)27(33)35-18-24(30)28-23-10-7-6-9-19(23)4-2/h6-7,9-14,21H,3-5,8,15-18H2,1-2H3,(H,28,30)/t21-/m0/s1. The number of anilines is 2. The molecule has 35 heavy (non-hydrogen) atoms. The molecule has 0 bridgehead atoms. The fourth-order valence-corrected chi connectivity index (χ4v) is 3.88. The molecule has 1 aliphatic rings. The van der Waals surface area contributed by atoms with Gasteiger partial charge in [-0.2, -0.15) is 0 Å². The number of aryl methyl sites for hydroxylation is 1. The first-order valence-electron chi connectivity index (χ1n) is 12.0. The van der Waals surface area contributed by atoms with Crippen LogP contribution in [0, 0.1) is 5.92 Å². The zero-order chi connectivity index (χ0) is 25.2. The summed E-state index contributed by atoms with van der Waals surface area (Å²) in [6.45, 7) is 4.18. The highest BCUT2D eigenvalue weighted by molar-refractivity contribution is 6.00. The largest absolute Gasteiger partial charge is 0.462 e. The molecular formula is C27H32N2O6. The molecule has 2 aromatic rings. The third-order valence-corrected chi connectivity index (χ3v) is 5.87. The lowest BCUT2D eigenvalue weighted by molar-refractivity contribution is -0.151. The van der Waals surface area contributed by atoms with E-state index in [9.17, 15) is 19.2 Å². The van der Waals surface area contributed by atoms with Crippen LogP contribution in [0.1, 0.15) is 55.5 Å². The van der Waals surface area contributed by atoms with Gasteiger partial charge in [-0.05, 0) is 48.7 Å². The Morgan fingerprint density at radius 3 is 2.46 bits per heavy atom. The minimum Gasteiger partial charge on any atom is -0.462 e. The third-order valence-electron chi connectivity index (χ3n) is 5.87. The number of para-hydroxylation sites is 1. The van der Waals surface area contributed by atoms with E-state index in [1.54, 1.807) is 30.3 Å². The van der Waals surface area contributed by atoms with Crippen LogP contribution in [-0.4, -0.2) is 43.5 Å². The smallest absolute Gasteiger partial charge is 0.338 e. The minimum atomic E-state index is -0.665. The third kappa shape index (κ3) is 7.15. The first-order chi connectivity index (χ1) is 16.9. The van der Waals surface area contributed by atoms with Crippen molar-refractivity contribution in [1.82, 2.24) is 0 Å². The normalized spacial score (nSPS) is 15.1. The highest BCUT2D eigenvalue weighted by atomic mass is 16.5. The molecule has 1 N–H and O–H groups in total. The van der Waals surface area contributed by atoms with E-state index in [-0.39, 0.29) is 18.9 Å². The second-order valence-electron chi connectivity index (χ2n) is 8.46. The first kappa shape index (κ1) is 25.9. The SMILES string of the molecule is CCCCCOC(=O)c1ccc(N2C[C@@H](C(=O)OCC(=O)Nc3ccccc3CC)CC2=O)cc1. The van der Waals surface area contributed by atoms with Crippen LogP contribution in [0.25, 0.3) is 0 Å². The Balaban J connectivity index is 1.49. The number of hydrogen-bond donors (Lipinski definition) is 1. The molecule has 0 radical (unpaired) electrons. The Morgan fingerprint density at radius 2 is 1.74 bits per heavy atom. The summed E-state index contributed by atoms with van der Waals surface area (Å²) >= 11 is 0. The highest BCUT2D eigenvalue weighted by Crippen LogP contribution is 2.26. The monoisotopic (exact) mass is 480 g/mol. The van der Waals surface area contributed by atoms with E-state index in [0.29, 0.717) is 23.5 Å². The molecule has 2 aromatic carbocycles. The van der Waals surface area contributed by atoms with Crippen molar-refractivity contribution < 1.29 is 28.7 Å². The van der Waals surface area contributed by atoms with Crippen molar-refractivity contribution in [3.05, 3.63) is 59.7 Å². The average molecular weight is 481 g/mol. The molecule has 1 atom stereocenters. The van der Waals surface area contributed by atoms with Gasteiger partial charge in [-0.3, -0.25) is 14.4 Å². The molecular weight excluding hydrogens is 448 g/mol. The molecule has 8 nitrogen and oxygen atoms in total. The summed E-state index contributed by atoms with van der Waals surface area (Å²) in [5, 5.41) is 2.75. The molecule has 186 valence electrons. The number of nitrogens with one attached hydrogen (secondary N) is 1. The fourth-order valence-electron chi connectivity index (χ4n) is 3.88. The number of carbonyl (C=O) groups is 4. The Kier molecular flexibility index (Phi) is 9.40. The maximum Gasteiger partial charge on any atom is 0.338 e. The zero-order valence-electron chi connectivity index (χ0n) is 20.2. The van der Waals surface area contributed by atoms with Crippen molar-refractivity contribution in [3.8, 4) is 0 Å². The lowest BCUT2D eigenvalue weighted by Crippen LogP contribution is -2.28. The van der Waals surface area contributed by atoms with E-state index in [4.69, 9.17) is 9.47 Å². The maximum absolute atomic E-state index is 12.5. The number of esters is 2. The van der Waals surface area contributed by atoms with Gasteiger partial charge in [0.15, 0.2) is 6.61 Å². The number of benzene rings is 2. The molecule has 0 saturated carbocycles. The zero-order valence-corrected chi connectivity index (χ0v) is 20.2. The van der Waals surface area contributed by atoms with E-state index in [2.05, 4.69) is 12.2 Å². The molecule has 1 heterocycles. The van der Waals surface area contributed by atoms with Gasteiger partial charge in [-0.15, -0.1) is 0 Å².